The summed E-state index contributed by atoms with van der Waals surface area (Å²) in [6.45, 7) is 5.60. The van der Waals surface area contributed by atoms with Crippen molar-refractivity contribution >= 4 is 17.6 Å². The van der Waals surface area contributed by atoms with Crippen LogP contribution in [0.25, 0.3) is 0 Å². The third-order valence-electron chi connectivity index (χ3n) is 4.96. The van der Waals surface area contributed by atoms with Gasteiger partial charge in [0.05, 0.1) is 6.04 Å². The van der Waals surface area contributed by atoms with E-state index in [1.54, 1.807) is 18.2 Å². The third-order valence-corrected chi connectivity index (χ3v) is 4.96. The Hall–Kier alpha value is -2.76. The minimum Gasteiger partial charge on any atom is -0.464 e. The van der Waals surface area contributed by atoms with Gasteiger partial charge in [-0.15, -0.1) is 0 Å². The fourth-order valence-electron chi connectivity index (χ4n) is 3.40. The molecule has 6 heteroatoms. The highest BCUT2D eigenvalue weighted by Crippen LogP contribution is 2.21. The van der Waals surface area contributed by atoms with E-state index in [0.717, 1.165) is 24.2 Å². The second-order valence-corrected chi connectivity index (χ2v) is 7.25. The number of anilines is 1. The normalized spacial score (nSPS) is 15.4. The molecule has 1 atom stereocenters. The van der Waals surface area contributed by atoms with Crippen LogP contribution in [0.4, 0.5) is 10.5 Å². The second kappa shape index (κ2) is 8.29. The van der Waals surface area contributed by atoms with E-state index in [1.165, 1.54) is 12.8 Å². The molecule has 27 heavy (non-hydrogen) atoms. The van der Waals surface area contributed by atoms with Crippen molar-refractivity contribution in [2.45, 2.75) is 58.5 Å². The van der Waals surface area contributed by atoms with E-state index in [-0.39, 0.29) is 24.0 Å². The molecule has 3 amide bonds. The molecular weight excluding hydrogens is 342 g/mol. The molecule has 1 aliphatic carbocycles. The molecule has 0 aliphatic heterocycles. The van der Waals surface area contributed by atoms with Crippen molar-refractivity contribution in [3.05, 3.63) is 53.0 Å². The van der Waals surface area contributed by atoms with Crippen LogP contribution in [0.2, 0.25) is 0 Å². The minimum atomic E-state index is -0.317. The van der Waals surface area contributed by atoms with E-state index < -0.39 is 0 Å². The average molecular weight is 369 g/mol. The lowest BCUT2D eigenvalue weighted by Gasteiger charge is -2.15. The molecule has 0 bridgehead atoms. The van der Waals surface area contributed by atoms with Crippen LogP contribution in [0.5, 0.6) is 0 Å². The topological polar surface area (TPSA) is 83.4 Å². The van der Waals surface area contributed by atoms with Crippen molar-refractivity contribution in [1.29, 1.82) is 0 Å². The smallest absolute Gasteiger partial charge is 0.319 e. The number of urea groups is 1. The summed E-state index contributed by atoms with van der Waals surface area (Å²) in [6.07, 6.45) is 4.46. The van der Waals surface area contributed by atoms with E-state index in [4.69, 9.17) is 4.42 Å². The van der Waals surface area contributed by atoms with Crippen LogP contribution in [0.1, 0.15) is 66.1 Å². The van der Waals surface area contributed by atoms with Gasteiger partial charge in [0.2, 0.25) is 0 Å². The Balaban J connectivity index is 1.58. The van der Waals surface area contributed by atoms with Crippen molar-refractivity contribution in [2.24, 2.45) is 0 Å². The maximum Gasteiger partial charge on any atom is 0.319 e. The number of amides is 3. The molecule has 1 aliphatic rings. The summed E-state index contributed by atoms with van der Waals surface area (Å²) in [5, 5.41) is 8.76. The highest BCUT2D eigenvalue weighted by molar-refractivity contribution is 5.96. The molecule has 0 radical (unpaired) electrons. The van der Waals surface area contributed by atoms with Crippen LogP contribution in [-0.2, 0) is 0 Å². The molecule has 6 nitrogen and oxygen atoms in total. The molecule has 1 heterocycles. The Labute approximate surface area is 159 Å². The van der Waals surface area contributed by atoms with E-state index in [1.807, 2.05) is 32.9 Å². The van der Waals surface area contributed by atoms with Gasteiger partial charge in [0.15, 0.2) is 0 Å². The van der Waals surface area contributed by atoms with Crippen LogP contribution in [0.15, 0.2) is 34.7 Å². The Bertz CT molecular complexity index is 822. The first-order valence-electron chi connectivity index (χ1n) is 9.48. The van der Waals surface area contributed by atoms with Crippen molar-refractivity contribution in [1.82, 2.24) is 10.6 Å². The lowest BCUT2D eigenvalue weighted by Crippen LogP contribution is -2.33. The van der Waals surface area contributed by atoms with Crippen LogP contribution < -0.4 is 16.0 Å². The Morgan fingerprint density at radius 1 is 1.11 bits per heavy atom. The quantitative estimate of drug-likeness (QED) is 0.728. The highest BCUT2D eigenvalue weighted by Gasteiger charge is 2.19. The molecule has 1 saturated carbocycles. The van der Waals surface area contributed by atoms with Crippen molar-refractivity contribution in [3.8, 4) is 0 Å². The highest BCUT2D eigenvalue weighted by atomic mass is 16.3. The van der Waals surface area contributed by atoms with Gasteiger partial charge in [0, 0.05) is 17.3 Å². The Kier molecular flexibility index (Phi) is 5.84. The fourth-order valence-corrected chi connectivity index (χ4v) is 3.40. The Morgan fingerprint density at radius 2 is 1.85 bits per heavy atom. The number of rotatable bonds is 5. The van der Waals surface area contributed by atoms with Crippen LogP contribution >= 0.6 is 0 Å². The van der Waals surface area contributed by atoms with Gasteiger partial charge in [-0.25, -0.2) is 4.79 Å². The predicted molar refractivity (Wildman–Crippen MR) is 105 cm³/mol. The van der Waals surface area contributed by atoms with Gasteiger partial charge in [0.25, 0.3) is 5.91 Å². The number of nitrogens with one attached hydrogen (secondary N) is 3. The number of furan rings is 1. The van der Waals surface area contributed by atoms with Crippen LogP contribution in [-0.4, -0.2) is 18.0 Å². The van der Waals surface area contributed by atoms with Gasteiger partial charge in [-0.3, -0.25) is 4.79 Å². The molecule has 1 aromatic heterocycles. The first-order chi connectivity index (χ1) is 12.9. The van der Waals surface area contributed by atoms with E-state index in [0.29, 0.717) is 17.0 Å². The first kappa shape index (κ1) is 19.0. The van der Waals surface area contributed by atoms with Crippen LogP contribution in [0.3, 0.4) is 0 Å². The molecule has 1 aromatic carbocycles. The molecule has 0 saturated heterocycles. The summed E-state index contributed by atoms with van der Waals surface area (Å²) in [7, 11) is 0. The van der Waals surface area contributed by atoms with E-state index in [2.05, 4.69) is 16.0 Å². The van der Waals surface area contributed by atoms with Crippen molar-refractivity contribution in [2.75, 3.05) is 5.32 Å². The maximum atomic E-state index is 12.4. The number of carbonyl (C=O) groups excluding carboxylic acids is 2. The first-order valence-corrected chi connectivity index (χ1v) is 9.48. The summed E-state index contributed by atoms with van der Waals surface area (Å²) >= 11 is 0. The summed E-state index contributed by atoms with van der Waals surface area (Å²) < 4.78 is 5.53. The van der Waals surface area contributed by atoms with Crippen LogP contribution in [0, 0.1) is 13.8 Å². The monoisotopic (exact) mass is 369 g/mol. The molecule has 144 valence electrons. The van der Waals surface area contributed by atoms with E-state index in [9.17, 15) is 9.59 Å². The fraction of sp³-hybridized carbons (Fsp3) is 0.429. The molecule has 3 rings (SSSR count). The van der Waals surface area contributed by atoms with Gasteiger partial charge >= 0.3 is 6.03 Å². The SMILES string of the molecule is Cc1ccc(C(C)NC(=O)Nc2ccc(C(=O)NC3CCCC3)cc2C)o1. The number of aryl methyl sites for hydroxylation is 2. The standard InChI is InChI=1S/C21H27N3O3/c1-13-12-16(20(25)23-17-6-4-5-7-17)9-10-18(13)24-21(26)22-15(3)19-11-8-14(2)27-19/h8-12,15,17H,4-7H2,1-3H3,(H,23,25)(H2,22,24,26). The van der Waals surface area contributed by atoms with Gasteiger partial charge in [0.1, 0.15) is 11.5 Å². The Morgan fingerprint density at radius 3 is 2.48 bits per heavy atom. The zero-order valence-electron chi connectivity index (χ0n) is 16.1. The minimum absolute atomic E-state index is 0.0530. The largest absolute Gasteiger partial charge is 0.464 e. The van der Waals surface area contributed by atoms with Gasteiger partial charge < -0.3 is 20.4 Å². The number of hydrogen-bond acceptors (Lipinski definition) is 3. The third kappa shape index (κ3) is 4.90. The maximum absolute atomic E-state index is 12.4. The molecule has 1 unspecified atom stereocenters. The molecular formula is C21H27N3O3. The predicted octanol–water partition coefficient (Wildman–Crippen LogP) is 4.45. The average Bonchev–Trinajstić information content (AvgIpc) is 3.28. The summed E-state index contributed by atoms with van der Waals surface area (Å²) in [4.78, 5) is 24.6. The molecule has 2 aromatic rings. The molecule has 1 fully saturated rings. The second-order valence-electron chi connectivity index (χ2n) is 7.25. The van der Waals surface area contributed by atoms with Crippen molar-refractivity contribution in [3.63, 3.8) is 0 Å². The van der Waals surface area contributed by atoms with Crippen molar-refractivity contribution < 1.29 is 14.0 Å². The van der Waals surface area contributed by atoms with Gasteiger partial charge in [-0.1, -0.05) is 12.8 Å². The number of hydrogen-bond donors (Lipinski definition) is 3. The summed E-state index contributed by atoms with van der Waals surface area (Å²) in [5.74, 6) is 1.46. The van der Waals surface area contributed by atoms with E-state index >= 15 is 0 Å². The summed E-state index contributed by atoms with van der Waals surface area (Å²) in [6, 6.07) is 8.76. The molecule has 0 spiro atoms. The molecule has 3 N–H and O–H groups in total. The lowest BCUT2D eigenvalue weighted by molar-refractivity contribution is 0.0938. The lowest BCUT2D eigenvalue weighted by atomic mass is 10.1. The number of benzene rings is 1. The van der Waals surface area contributed by atoms with Gasteiger partial charge in [-0.05, 0) is 69.5 Å². The summed E-state index contributed by atoms with van der Waals surface area (Å²) in [5.41, 5.74) is 2.13. The zero-order valence-corrected chi connectivity index (χ0v) is 16.1. The number of carbonyl (C=O) groups is 2. The zero-order chi connectivity index (χ0) is 19.4. The van der Waals surface area contributed by atoms with Gasteiger partial charge in [-0.2, -0.15) is 0 Å².